The number of halogens is 1. The Morgan fingerprint density at radius 1 is 1.27 bits per heavy atom. The van der Waals surface area contributed by atoms with Crippen LogP contribution < -0.4 is 4.90 Å². The fourth-order valence-corrected chi connectivity index (χ4v) is 4.41. The van der Waals surface area contributed by atoms with Gasteiger partial charge >= 0.3 is 0 Å². The van der Waals surface area contributed by atoms with Gasteiger partial charge < -0.3 is 9.47 Å². The van der Waals surface area contributed by atoms with Gasteiger partial charge in [0.05, 0.1) is 7.05 Å². The smallest absolute Gasteiger partial charge is 0.203 e. The summed E-state index contributed by atoms with van der Waals surface area (Å²) in [6, 6.07) is 12.8. The molecule has 1 saturated carbocycles. The summed E-state index contributed by atoms with van der Waals surface area (Å²) in [5.74, 6) is 1.10. The van der Waals surface area contributed by atoms with E-state index in [0.29, 0.717) is 6.04 Å². The molecule has 0 saturated heterocycles. The van der Waals surface area contributed by atoms with Gasteiger partial charge in [0.1, 0.15) is 12.4 Å². The van der Waals surface area contributed by atoms with Crippen LogP contribution in [0.25, 0.3) is 0 Å². The van der Waals surface area contributed by atoms with Crippen LogP contribution in [0.3, 0.4) is 0 Å². The highest BCUT2D eigenvalue weighted by atomic mass is 35.5. The summed E-state index contributed by atoms with van der Waals surface area (Å²) >= 11 is 13.5. The fourth-order valence-electron chi connectivity index (χ4n) is 3.22. The molecule has 0 aliphatic heterocycles. The number of quaternary nitrogens is 1. The molecule has 4 rings (SSSR count). The van der Waals surface area contributed by atoms with Crippen molar-refractivity contribution in [3.8, 4) is 0 Å². The summed E-state index contributed by atoms with van der Waals surface area (Å²) in [7, 11) is 2.17. The number of hydrogen-bond donors (Lipinski definition) is 1. The molecule has 0 radical (unpaired) electrons. The molecular formula is C19H22ClN4S2+. The number of hydrogen-bond acceptors (Lipinski definition) is 3. The molecule has 0 bridgehead atoms. The van der Waals surface area contributed by atoms with Gasteiger partial charge in [0, 0.05) is 27.9 Å². The third kappa shape index (κ3) is 4.09. The van der Waals surface area contributed by atoms with E-state index >= 15 is 0 Å². The number of nitrogens with one attached hydrogen (secondary N) is 1. The van der Waals surface area contributed by atoms with Gasteiger partial charge in [-0.15, -0.1) is 11.3 Å². The van der Waals surface area contributed by atoms with Gasteiger partial charge in [-0.2, -0.15) is 9.78 Å². The maximum absolute atomic E-state index is 5.98. The zero-order chi connectivity index (χ0) is 18.1. The highest BCUT2D eigenvalue weighted by molar-refractivity contribution is 7.71. The minimum atomic E-state index is 0.544. The Labute approximate surface area is 167 Å². The van der Waals surface area contributed by atoms with Crippen LogP contribution in [0.5, 0.6) is 0 Å². The van der Waals surface area contributed by atoms with Crippen LogP contribution in [0.2, 0.25) is 5.02 Å². The Morgan fingerprint density at radius 3 is 2.69 bits per heavy atom. The zero-order valence-electron chi connectivity index (χ0n) is 14.7. The van der Waals surface area contributed by atoms with E-state index in [1.807, 2.05) is 16.8 Å². The summed E-state index contributed by atoms with van der Waals surface area (Å²) in [5, 5.41) is 7.77. The van der Waals surface area contributed by atoms with Crippen LogP contribution in [-0.2, 0) is 19.6 Å². The minimum absolute atomic E-state index is 0.544. The molecule has 136 valence electrons. The lowest BCUT2D eigenvalue weighted by atomic mass is 10.2. The van der Waals surface area contributed by atoms with Crippen LogP contribution in [0.4, 0.5) is 0 Å². The number of aromatic nitrogens is 3. The van der Waals surface area contributed by atoms with Crippen molar-refractivity contribution in [2.24, 2.45) is 0 Å². The lowest BCUT2D eigenvalue weighted by molar-refractivity contribution is -0.917. The first-order valence-corrected chi connectivity index (χ1v) is 10.5. The molecule has 2 heterocycles. The first-order chi connectivity index (χ1) is 12.6. The van der Waals surface area contributed by atoms with E-state index in [0.717, 1.165) is 35.3 Å². The van der Waals surface area contributed by atoms with Crippen molar-refractivity contribution >= 4 is 35.2 Å². The van der Waals surface area contributed by atoms with Gasteiger partial charge in [-0.25, -0.2) is 0 Å². The average Bonchev–Trinajstić information content (AvgIpc) is 3.22. The summed E-state index contributed by atoms with van der Waals surface area (Å²) < 4.78 is 5.14. The third-order valence-corrected chi connectivity index (χ3v) is 6.14. The van der Waals surface area contributed by atoms with Crippen molar-refractivity contribution in [2.45, 2.75) is 38.5 Å². The molecule has 1 aliphatic carbocycles. The molecule has 26 heavy (non-hydrogen) atoms. The van der Waals surface area contributed by atoms with Gasteiger partial charge in [-0.1, -0.05) is 29.8 Å². The first kappa shape index (κ1) is 17.9. The predicted octanol–water partition coefficient (Wildman–Crippen LogP) is 3.73. The molecule has 3 aromatic rings. The van der Waals surface area contributed by atoms with Gasteiger partial charge in [-0.05, 0) is 48.6 Å². The van der Waals surface area contributed by atoms with E-state index in [-0.39, 0.29) is 0 Å². The van der Waals surface area contributed by atoms with E-state index in [1.54, 1.807) is 11.3 Å². The molecule has 2 aromatic heterocycles. The molecule has 4 nitrogen and oxygen atoms in total. The highest BCUT2D eigenvalue weighted by Gasteiger charge is 2.29. The van der Waals surface area contributed by atoms with Crippen molar-refractivity contribution in [1.29, 1.82) is 0 Å². The Morgan fingerprint density at radius 2 is 2.04 bits per heavy atom. The zero-order valence-corrected chi connectivity index (χ0v) is 17.1. The number of thiophene rings is 1. The van der Waals surface area contributed by atoms with E-state index in [4.69, 9.17) is 28.9 Å². The molecule has 1 aliphatic rings. The van der Waals surface area contributed by atoms with E-state index in [2.05, 4.69) is 41.3 Å². The van der Waals surface area contributed by atoms with Crippen molar-refractivity contribution in [3.63, 3.8) is 0 Å². The van der Waals surface area contributed by atoms with Crippen molar-refractivity contribution < 1.29 is 4.90 Å². The Balaban J connectivity index is 1.52. The molecular weight excluding hydrogens is 384 g/mol. The van der Waals surface area contributed by atoms with Crippen LogP contribution in [-0.4, -0.2) is 21.4 Å². The maximum atomic E-state index is 5.98. The van der Waals surface area contributed by atoms with Crippen molar-refractivity contribution in [1.82, 2.24) is 14.3 Å². The summed E-state index contributed by atoms with van der Waals surface area (Å²) in [5.41, 5.74) is 1.26. The molecule has 0 amide bonds. The van der Waals surface area contributed by atoms with Crippen LogP contribution in [0.15, 0.2) is 41.8 Å². The van der Waals surface area contributed by atoms with Crippen molar-refractivity contribution in [2.75, 3.05) is 7.05 Å². The quantitative estimate of drug-likeness (QED) is 0.606. The minimum Gasteiger partial charge on any atom is -0.315 e. The Bertz CT molecular complexity index is 924. The summed E-state index contributed by atoms with van der Waals surface area (Å²) in [6.07, 6.45) is 3.29. The Kier molecular flexibility index (Phi) is 5.27. The third-order valence-electron chi connectivity index (χ3n) is 4.60. The van der Waals surface area contributed by atoms with E-state index < -0.39 is 0 Å². The van der Waals surface area contributed by atoms with Gasteiger partial charge in [0.15, 0.2) is 6.67 Å². The fraction of sp³-hybridized carbons (Fsp3) is 0.368. The van der Waals surface area contributed by atoms with Gasteiger partial charge in [-0.3, -0.25) is 0 Å². The van der Waals surface area contributed by atoms with Gasteiger partial charge in [0.2, 0.25) is 4.77 Å². The molecule has 1 unspecified atom stereocenters. The number of rotatable bonds is 7. The maximum Gasteiger partial charge on any atom is 0.203 e. The van der Waals surface area contributed by atoms with Crippen molar-refractivity contribution in [3.05, 3.63) is 67.8 Å². The number of nitrogens with zero attached hydrogens (tertiary/aromatic N) is 3. The van der Waals surface area contributed by atoms with Gasteiger partial charge in [0.25, 0.3) is 0 Å². The second kappa shape index (κ2) is 7.64. The standard InChI is InChI=1S/C19H21ClN4S2/c1-22(12-14-4-6-15(20)7-5-14)13-23-19(25)24(16-8-9-16)18(21-23)11-17-3-2-10-26-17/h2-7,10,16H,8-9,11-13H2,1H3/p+1. The van der Waals surface area contributed by atoms with Crippen LogP contribution in [0.1, 0.15) is 35.1 Å². The van der Waals surface area contributed by atoms with Crippen LogP contribution >= 0.6 is 35.2 Å². The molecule has 1 atom stereocenters. The monoisotopic (exact) mass is 405 g/mol. The molecule has 1 fully saturated rings. The predicted molar refractivity (Wildman–Crippen MR) is 108 cm³/mol. The lowest BCUT2D eigenvalue weighted by Crippen LogP contribution is -3.07. The topological polar surface area (TPSA) is 27.2 Å². The number of benzene rings is 1. The molecule has 7 heteroatoms. The lowest BCUT2D eigenvalue weighted by Gasteiger charge is -2.13. The normalized spacial score (nSPS) is 15.3. The second-order valence-corrected chi connectivity index (χ2v) is 8.81. The highest BCUT2D eigenvalue weighted by Crippen LogP contribution is 2.36. The summed E-state index contributed by atoms with van der Waals surface area (Å²) in [6.45, 7) is 1.67. The first-order valence-electron chi connectivity index (χ1n) is 8.86. The SMILES string of the molecule is C[NH+](Cc1ccc(Cl)cc1)Cn1nc(Cc2cccs2)n(C2CC2)c1=S. The Hall–Kier alpha value is -1.47. The molecule has 1 N–H and O–H groups in total. The molecule has 1 aromatic carbocycles. The second-order valence-electron chi connectivity index (χ2n) is 6.97. The van der Waals surface area contributed by atoms with Crippen LogP contribution in [0, 0.1) is 4.77 Å². The van der Waals surface area contributed by atoms with E-state index in [1.165, 1.54) is 28.2 Å². The summed E-state index contributed by atoms with van der Waals surface area (Å²) in [4.78, 5) is 2.67. The molecule has 0 spiro atoms. The largest absolute Gasteiger partial charge is 0.315 e. The average molecular weight is 406 g/mol. The van der Waals surface area contributed by atoms with E-state index in [9.17, 15) is 0 Å².